The van der Waals surface area contributed by atoms with Crippen molar-refractivity contribution in [2.75, 3.05) is 12.9 Å². The van der Waals surface area contributed by atoms with Gasteiger partial charge in [-0.05, 0) is 30.2 Å². The predicted octanol–water partition coefficient (Wildman–Crippen LogP) is 1.72. The van der Waals surface area contributed by atoms with Crippen LogP contribution >= 0.6 is 0 Å². The zero-order chi connectivity index (χ0) is 21.0. The summed E-state index contributed by atoms with van der Waals surface area (Å²) in [5.41, 5.74) is 1.35. The lowest BCUT2D eigenvalue weighted by Crippen LogP contribution is -2.19. The summed E-state index contributed by atoms with van der Waals surface area (Å²) in [6.07, 6.45) is 5.71. The molecule has 0 atom stereocenters. The fourth-order valence-electron chi connectivity index (χ4n) is 2.90. The molecule has 0 unspecified atom stereocenters. The number of hydrogen-bond donors (Lipinski definition) is 0. The molecule has 0 aliphatic carbocycles. The second-order valence-electron chi connectivity index (χ2n) is 6.53. The molecule has 0 radical (unpaired) electrons. The quantitative estimate of drug-likeness (QED) is 0.545. The van der Waals surface area contributed by atoms with Gasteiger partial charge in [0.05, 0.1) is 36.4 Å². The number of aromatic nitrogens is 3. The Morgan fingerprint density at radius 2 is 1.97 bits per heavy atom. The third-order valence-corrected chi connectivity index (χ3v) is 5.44. The summed E-state index contributed by atoms with van der Waals surface area (Å²) in [7, 11) is -3.52. The number of hydrogen-bond acceptors (Lipinski definition) is 6. The van der Waals surface area contributed by atoms with Crippen LogP contribution in [0.4, 0.5) is 0 Å². The number of nitrogens with zero attached hydrogens (tertiary/aromatic N) is 3. The van der Waals surface area contributed by atoms with Crippen LogP contribution in [0, 0.1) is 0 Å². The van der Waals surface area contributed by atoms with Gasteiger partial charge in [0.25, 0.3) is 5.56 Å². The number of pyridine rings is 1. The molecule has 152 valence electrons. The highest BCUT2D eigenvalue weighted by atomic mass is 32.2. The Morgan fingerprint density at radius 3 is 2.66 bits per heavy atom. The van der Waals surface area contributed by atoms with Gasteiger partial charge in [-0.15, -0.1) is 0 Å². The number of rotatable bonds is 7. The van der Waals surface area contributed by atoms with Crippen LogP contribution in [0.15, 0.2) is 64.7 Å². The van der Waals surface area contributed by atoms with Gasteiger partial charge in [0, 0.05) is 24.7 Å². The minimum atomic E-state index is -3.52. The fourth-order valence-corrected chi connectivity index (χ4v) is 3.88. The molecule has 3 aromatic rings. The Kier molecular flexibility index (Phi) is 5.97. The van der Waals surface area contributed by atoms with Gasteiger partial charge in [-0.3, -0.25) is 9.48 Å². The molecule has 29 heavy (non-hydrogen) atoms. The van der Waals surface area contributed by atoms with E-state index < -0.39 is 15.8 Å². The fraction of sp³-hybridized carbons (Fsp3) is 0.250. The van der Waals surface area contributed by atoms with E-state index in [9.17, 15) is 18.0 Å². The van der Waals surface area contributed by atoms with Gasteiger partial charge in [0.2, 0.25) is 0 Å². The third-order valence-electron chi connectivity index (χ3n) is 4.26. The van der Waals surface area contributed by atoms with Crippen molar-refractivity contribution < 1.29 is 17.9 Å². The minimum Gasteiger partial charge on any atom is -0.462 e. The van der Waals surface area contributed by atoms with Crippen molar-refractivity contribution in [3.8, 4) is 0 Å². The van der Waals surface area contributed by atoms with Gasteiger partial charge < -0.3 is 9.30 Å². The molecular weight excluding hydrogens is 394 g/mol. The van der Waals surface area contributed by atoms with E-state index in [0.717, 1.165) is 6.26 Å². The molecule has 0 amide bonds. The zero-order valence-electron chi connectivity index (χ0n) is 16.1. The molecule has 1 aromatic carbocycles. The topological polar surface area (TPSA) is 100 Å². The molecule has 0 aliphatic heterocycles. The highest BCUT2D eigenvalue weighted by Gasteiger charge is 2.16. The standard InChI is InChI=1S/C20H21N3O5S/c1-3-28-20(25)17-11-21-23(14-17)12-15-7-8-16(18(10-15)29(2,26)27)13-22-9-5-4-6-19(22)24/h4-11,14H,3,12-13H2,1-2H3. The Hall–Kier alpha value is -3.20. The molecule has 0 N–H and O–H groups in total. The predicted molar refractivity (Wildman–Crippen MR) is 107 cm³/mol. The zero-order valence-corrected chi connectivity index (χ0v) is 16.9. The molecule has 9 heteroatoms. The van der Waals surface area contributed by atoms with Gasteiger partial charge in [-0.1, -0.05) is 18.2 Å². The van der Waals surface area contributed by atoms with Crippen LogP contribution in [-0.2, 0) is 27.7 Å². The molecule has 8 nitrogen and oxygen atoms in total. The monoisotopic (exact) mass is 415 g/mol. The Morgan fingerprint density at radius 1 is 1.17 bits per heavy atom. The highest BCUT2D eigenvalue weighted by Crippen LogP contribution is 2.20. The van der Waals surface area contributed by atoms with Crippen LogP contribution in [0.3, 0.4) is 0 Å². The second kappa shape index (κ2) is 8.44. The Bertz CT molecular complexity index is 1190. The van der Waals surface area contributed by atoms with Crippen LogP contribution in [0.1, 0.15) is 28.4 Å². The van der Waals surface area contributed by atoms with Crippen LogP contribution in [0.5, 0.6) is 0 Å². The number of sulfone groups is 1. The van der Waals surface area contributed by atoms with Crippen LogP contribution in [0.2, 0.25) is 0 Å². The summed E-state index contributed by atoms with van der Waals surface area (Å²) in [4.78, 5) is 23.9. The van der Waals surface area contributed by atoms with E-state index in [0.29, 0.717) is 16.7 Å². The van der Waals surface area contributed by atoms with Gasteiger partial charge >= 0.3 is 5.97 Å². The number of carbonyl (C=O) groups excluding carboxylic acids is 1. The number of esters is 1. The maximum absolute atomic E-state index is 12.3. The summed E-state index contributed by atoms with van der Waals surface area (Å²) in [6, 6.07) is 9.82. The average molecular weight is 415 g/mol. The molecule has 2 heterocycles. The molecule has 0 spiro atoms. The Labute approximate surface area is 168 Å². The van der Waals surface area contributed by atoms with E-state index in [2.05, 4.69) is 5.10 Å². The summed E-state index contributed by atoms with van der Waals surface area (Å²) in [6.45, 7) is 2.43. The van der Waals surface area contributed by atoms with Crippen molar-refractivity contribution in [3.63, 3.8) is 0 Å². The van der Waals surface area contributed by atoms with Gasteiger partial charge in [-0.25, -0.2) is 13.2 Å². The van der Waals surface area contributed by atoms with E-state index in [1.54, 1.807) is 49.6 Å². The van der Waals surface area contributed by atoms with Crippen molar-refractivity contribution in [1.29, 1.82) is 0 Å². The van der Waals surface area contributed by atoms with Crippen molar-refractivity contribution in [3.05, 3.63) is 82.0 Å². The SMILES string of the molecule is CCOC(=O)c1cnn(Cc2ccc(Cn3ccccc3=O)c(S(C)(=O)=O)c2)c1. The van der Waals surface area contributed by atoms with Crippen LogP contribution < -0.4 is 5.56 Å². The normalized spacial score (nSPS) is 11.4. The lowest BCUT2D eigenvalue weighted by atomic mass is 10.1. The maximum Gasteiger partial charge on any atom is 0.341 e. The van der Waals surface area contributed by atoms with E-state index >= 15 is 0 Å². The molecule has 0 fully saturated rings. The molecule has 0 saturated heterocycles. The first-order chi connectivity index (χ1) is 13.8. The van der Waals surface area contributed by atoms with Crippen molar-refractivity contribution >= 4 is 15.8 Å². The molecule has 0 aliphatic rings. The molecule has 0 bridgehead atoms. The number of carbonyl (C=O) groups is 1. The molecule has 0 saturated carbocycles. The lowest BCUT2D eigenvalue weighted by Gasteiger charge is -2.12. The first kappa shape index (κ1) is 20.5. The summed E-state index contributed by atoms with van der Waals surface area (Å²) in [5, 5.41) is 4.13. The number of ether oxygens (including phenoxy) is 1. The van der Waals surface area contributed by atoms with Gasteiger partial charge in [-0.2, -0.15) is 5.10 Å². The summed E-state index contributed by atoms with van der Waals surface area (Å²) >= 11 is 0. The van der Waals surface area contributed by atoms with Crippen molar-refractivity contribution in [2.24, 2.45) is 0 Å². The largest absolute Gasteiger partial charge is 0.462 e. The van der Waals surface area contributed by atoms with Gasteiger partial charge in [0.15, 0.2) is 9.84 Å². The van der Waals surface area contributed by atoms with E-state index in [4.69, 9.17) is 4.74 Å². The minimum absolute atomic E-state index is 0.150. The van der Waals surface area contributed by atoms with Gasteiger partial charge in [0.1, 0.15) is 0 Å². The van der Waals surface area contributed by atoms with Crippen molar-refractivity contribution in [1.82, 2.24) is 14.3 Å². The molecular formula is C20H21N3O5S. The first-order valence-corrected chi connectivity index (χ1v) is 10.8. The third kappa shape index (κ3) is 5.00. The molecule has 3 rings (SSSR count). The van der Waals surface area contributed by atoms with Crippen LogP contribution in [0.25, 0.3) is 0 Å². The number of benzene rings is 1. The molecule has 2 aromatic heterocycles. The smallest absolute Gasteiger partial charge is 0.341 e. The Balaban J connectivity index is 1.89. The van der Waals surface area contributed by atoms with E-state index in [1.165, 1.54) is 21.5 Å². The van der Waals surface area contributed by atoms with Crippen molar-refractivity contribution in [2.45, 2.75) is 24.9 Å². The summed E-state index contributed by atoms with van der Waals surface area (Å²) < 4.78 is 32.6. The first-order valence-electron chi connectivity index (χ1n) is 8.95. The van der Waals surface area contributed by atoms with E-state index in [-0.39, 0.29) is 30.2 Å². The average Bonchev–Trinajstić information content (AvgIpc) is 3.13. The summed E-state index contributed by atoms with van der Waals surface area (Å²) in [5.74, 6) is -0.459. The lowest BCUT2D eigenvalue weighted by molar-refractivity contribution is 0.0526. The van der Waals surface area contributed by atoms with E-state index in [1.807, 2.05) is 0 Å². The maximum atomic E-state index is 12.3. The highest BCUT2D eigenvalue weighted by molar-refractivity contribution is 7.90. The second-order valence-corrected chi connectivity index (χ2v) is 8.51. The van der Waals surface area contributed by atoms with Crippen LogP contribution in [-0.4, -0.2) is 41.6 Å².